The van der Waals surface area contributed by atoms with Gasteiger partial charge in [-0.15, -0.1) is 0 Å². The van der Waals surface area contributed by atoms with Crippen molar-refractivity contribution in [2.24, 2.45) is 0 Å². The molecule has 0 heterocycles. The molecular weight excluding hydrogens is 220 g/mol. The number of nitrogens with zero attached hydrogens (tertiary/aromatic N) is 1. The second-order valence-electron chi connectivity index (χ2n) is 3.99. The van der Waals surface area contributed by atoms with E-state index in [1.807, 2.05) is 6.92 Å². The molecule has 0 aromatic rings. The highest BCUT2D eigenvalue weighted by Crippen LogP contribution is 2.02. The van der Waals surface area contributed by atoms with Gasteiger partial charge in [0, 0.05) is 19.7 Å². The van der Waals surface area contributed by atoms with E-state index in [9.17, 15) is 4.79 Å². The largest absolute Gasteiger partial charge is 0.465 e. The smallest absolute Gasteiger partial charge is 0.324 e. The lowest BCUT2D eigenvalue weighted by Gasteiger charge is -2.30. The van der Waals surface area contributed by atoms with Gasteiger partial charge in [0.2, 0.25) is 0 Å². The predicted octanol–water partition coefficient (Wildman–Crippen LogP) is 0.494. The first-order valence-electron chi connectivity index (χ1n) is 6.17. The van der Waals surface area contributed by atoms with Crippen LogP contribution in [-0.2, 0) is 14.3 Å². The molecule has 102 valence electrons. The maximum Gasteiger partial charge on any atom is 0.324 e. The molecule has 0 aliphatic carbocycles. The lowest BCUT2D eigenvalue weighted by atomic mass is 10.2. The van der Waals surface area contributed by atoms with E-state index in [4.69, 9.17) is 9.47 Å². The minimum Gasteiger partial charge on any atom is -0.465 e. The normalized spacial score (nSPS) is 14.7. The van der Waals surface area contributed by atoms with E-state index in [-0.39, 0.29) is 18.1 Å². The maximum atomic E-state index is 11.7. The summed E-state index contributed by atoms with van der Waals surface area (Å²) in [6.07, 6.45) is 0. The molecule has 1 N–H and O–H groups in total. The summed E-state index contributed by atoms with van der Waals surface area (Å²) in [5.74, 6) is -0.196. The molecule has 2 unspecified atom stereocenters. The number of rotatable bonds is 9. The lowest BCUT2D eigenvalue weighted by Crippen LogP contribution is -2.49. The van der Waals surface area contributed by atoms with Crippen molar-refractivity contribution in [1.82, 2.24) is 10.2 Å². The Morgan fingerprint density at radius 2 is 2.06 bits per heavy atom. The fourth-order valence-corrected chi connectivity index (χ4v) is 1.73. The minimum absolute atomic E-state index is 0.196. The molecule has 0 aromatic carbocycles. The Morgan fingerprint density at radius 1 is 1.41 bits per heavy atom. The average molecular weight is 246 g/mol. The Kier molecular flexibility index (Phi) is 9.03. The zero-order valence-corrected chi connectivity index (χ0v) is 11.7. The predicted molar refractivity (Wildman–Crippen MR) is 68.1 cm³/mol. The third-order valence-corrected chi connectivity index (χ3v) is 2.77. The van der Waals surface area contributed by atoms with E-state index < -0.39 is 0 Å². The number of likely N-dealkylation sites (N-methyl/N-ethyl adjacent to an activating group) is 2. The fourth-order valence-electron chi connectivity index (χ4n) is 1.73. The van der Waals surface area contributed by atoms with Crippen LogP contribution in [-0.4, -0.2) is 63.4 Å². The zero-order chi connectivity index (χ0) is 13.3. The van der Waals surface area contributed by atoms with Crippen molar-refractivity contribution < 1.29 is 14.3 Å². The third-order valence-electron chi connectivity index (χ3n) is 2.77. The van der Waals surface area contributed by atoms with Crippen molar-refractivity contribution in [1.29, 1.82) is 0 Å². The summed E-state index contributed by atoms with van der Waals surface area (Å²) < 4.78 is 10.2. The summed E-state index contributed by atoms with van der Waals surface area (Å²) in [6, 6.07) is 0.00415. The van der Waals surface area contributed by atoms with Gasteiger partial charge in [-0.2, -0.15) is 0 Å². The Morgan fingerprint density at radius 3 is 2.47 bits per heavy atom. The average Bonchev–Trinajstić information content (AvgIpc) is 2.31. The van der Waals surface area contributed by atoms with Gasteiger partial charge in [0.05, 0.1) is 13.2 Å². The first-order chi connectivity index (χ1) is 8.10. The number of esters is 1. The molecule has 0 bridgehead atoms. The highest BCUT2D eigenvalue weighted by atomic mass is 16.5. The topological polar surface area (TPSA) is 50.8 Å². The van der Waals surface area contributed by atoms with Gasteiger partial charge in [-0.3, -0.25) is 9.69 Å². The molecule has 0 fully saturated rings. The van der Waals surface area contributed by atoms with Gasteiger partial charge in [-0.25, -0.2) is 0 Å². The van der Waals surface area contributed by atoms with Crippen LogP contribution in [0.15, 0.2) is 0 Å². The molecule has 0 radical (unpaired) electrons. The van der Waals surface area contributed by atoms with Crippen LogP contribution in [0.4, 0.5) is 0 Å². The monoisotopic (exact) mass is 246 g/mol. The SMILES string of the molecule is CCOC(=O)C(CN(CC)C(C)COC)NC. The van der Waals surface area contributed by atoms with E-state index >= 15 is 0 Å². The molecule has 0 saturated carbocycles. The van der Waals surface area contributed by atoms with E-state index in [1.165, 1.54) is 0 Å². The molecule has 17 heavy (non-hydrogen) atoms. The fraction of sp³-hybridized carbons (Fsp3) is 0.917. The quantitative estimate of drug-likeness (QED) is 0.600. The summed E-state index contributed by atoms with van der Waals surface area (Å²) in [5, 5.41) is 2.99. The number of hydrogen-bond acceptors (Lipinski definition) is 5. The third kappa shape index (κ3) is 6.00. The van der Waals surface area contributed by atoms with Crippen LogP contribution in [0, 0.1) is 0 Å². The molecule has 5 heteroatoms. The Hall–Kier alpha value is -0.650. The van der Waals surface area contributed by atoms with Crippen LogP contribution < -0.4 is 5.32 Å². The summed E-state index contributed by atoms with van der Waals surface area (Å²) in [6.45, 7) is 8.56. The number of methoxy groups -OCH3 is 1. The van der Waals surface area contributed by atoms with Gasteiger partial charge >= 0.3 is 5.97 Å². The van der Waals surface area contributed by atoms with Crippen LogP contribution in [0.3, 0.4) is 0 Å². The minimum atomic E-state index is -0.283. The number of hydrogen-bond donors (Lipinski definition) is 1. The van der Waals surface area contributed by atoms with E-state index in [1.54, 1.807) is 14.2 Å². The van der Waals surface area contributed by atoms with Crippen LogP contribution in [0.1, 0.15) is 20.8 Å². The second-order valence-corrected chi connectivity index (χ2v) is 3.99. The first kappa shape index (κ1) is 16.4. The van der Waals surface area contributed by atoms with Crippen LogP contribution in [0.5, 0.6) is 0 Å². The molecule has 5 nitrogen and oxygen atoms in total. The number of carbonyl (C=O) groups excluding carboxylic acids is 1. The summed E-state index contributed by atoms with van der Waals surface area (Å²) in [7, 11) is 3.46. The van der Waals surface area contributed by atoms with Crippen LogP contribution in [0.2, 0.25) is 0 Å². The molecule has 0 amide bonds. The number of nitrogens with one attached hydrogen (secondary N) is 1. The van der Waals surface area contributed by atoms with Crippen LogP contribution in [0.25, 0.3) is 0 Å². The van der Waals surface area contributed by atoms with E-state index in [2.05, 4.69) is 24.1 Å². The number of ether oxygens (including phenoxy) is 2. The molecular formula is C12H26N2O3. The molecule has 0 aromatic heterocycles. The molecule has 0 aliphatic heterocycles. The van der Waals surface area contributed by atoms with Crippen molar-refractivity contribution >= 4 is 5.97 Å². The highest BCUT2D eigenvalue weighted by Gasteiger charge is 2.22. The molecule has 0 rings (SSSR count). The maximum absolute atomic E-state index is 11.7. The van der Waals surface area contributed by atoms with Crippen molar-refractivity contribution in [2.45, 2.75) is 32.9 Å². The van der Waals surface area contributed by atoms with Crippen molar-refractivity contribution in [3.8, 4) is 0 Å². The lowest BCUT2D eigenvalue weighted by molar-refractivity contribution is -0.146. The molecule has 0 spiro atoms. The van der Waals surface area contributed by atoms with Gasteiger partial charge < -0.3 is 14.8 Å². The Balaban J connectivity index is 4.35. The molecule has 0 aliphatic rings. The summed E-state index contributed by atoms with van der Waals surface area (Å²) >= 11 is 0. The molecule has 0 saturated heterocycles. The Bertz CT molecular complexity index is 212. The van der Waals surface area contributed by atoms with Gasteiger partial charge in [0.25, 0.3) is 0 Å². The van der Waals surface area contributed by atoms with E-state index in [0.717, 1.165) is 6.54 Å². The van der Waals surface area contributed by atoms with Gasteiger partial charge in [-0.05, 0) is 27.4 Å². The van der Waals surface area contributed by atoms with E-state index in [0.29, 0.717) is 19.8 Å². The van der Waals surface area contributed by atoms with Crippen molar-refractivity contribution in [3.05, 3.63) is 0 Å². The van der Waals surface area contributed by atoms with Crippen molar-refractivity contribution in [2.75, 3.05) is 40.5 Å². The van der Waals surface area contributed by atoms with Gasteiger partial charge in [0.1, 0.15) is 6.04 Å². The summed E-state index contributed by atoms with van der Waals surface area (Å²) in [4.78, 5) is 13.9. The standard InChI is InChI=1S/C12H26N2O3/c1-6-14(10(3)9-16-5)8-11(13-4)12(15)17-7-2/h10-11,13H,6-9H2,1-5H3. The second kappa shape index (κ2) is 9.39. The summed E-state index contributed by atoms with van der Waals surface area (Å²) in [5.41, 5.74) is 0. The van der Waals surface area contributed by atoms with Gasteiger partial charge in [-0.1, -0.05) is 6.92 Å². The van der Waals surface area contributed by atoms with Crippen molar-refractivity contribution in [3.63, 3.8) is 0 Å². The first-order valence-corrected chi connectivity index (χ1v) is 6.17. The van der Waals surface area contributed by atoms with Crippen LogP contribution >= 0.6 is 0 Å². The zero-order valence-electron chi connectivity index (χ0n) is 11.7. The van der Waals surface area contributed by atoms with Gasteiger partial charge in [0.15, 0.2) is 0 Å². The number of carbonyl (C=O) groups is 1. The molecule has 2 atom stereocenters. The Labute approximate surface area is 104 Å². The highest BCUT2D eigenvalue weighted by molar-refractivity contribution is 5.76.